The first-order valence-electron chi connectivity index (χ1n) is 12.4. The van der Waals surface area contributed by atoms with Crippen molar-refractivity contribution in [3.05, 3.63) is 96.6 Å². The molecule has 1 unspecified atom stereocenters. The molecule has 8 heteroatoms. The number of halogens is 1. The molecule has 0 radical (unpaired) electrons. The van der Waals surface area contributed by atoms with E-state index in [1.165, 1.54) is 12.3 Å². The molecule has 1 aromatic carbocycles. The number of ether oxygens (including phenoxy) is 1. The van der Waals surface area contributed by atoms with Crippen molar-refractivity contribution in [2.24, 2.45) is 5.92 Å². The quantitative estimate of drug-likeness (QED) is 0.419. The highest BCUT2D eigenvalue weighted by molar-refractivity contribution is 5.89. The van der Waals surface area contributed by atoms with Crippen LogP contribution < -0.4 is 5.32 Å². The van der Waals surface area contributed by atoms with Crippen LogP contribution in [0.3, 0.4) is 0 Å². The molecule has 1 atom stereocenters. The first-order valence-corrected chi connectivity index (χ1v) is 12.4. The largest absolute Gasteiger partial charge is 0.508 e. The number of nitrogens with zero attached hydrogens (tertiary/aromatic N) is 2. The second-order valence-electron chi connectivity index (χ2n) is 9.01. The summed E-state index contributed by atoms with van der Waals surface area (Å²) in [4.78, 5) is 32.7. The van der Waals surface area contributed by atoms with E-state index in [9.17, 15) is 19.1 Å². The number of amides is 2. The van der Waals surface area contributed by atoms with Crippen molar-refractivity contribution in [2.45, 2.75) is 31.7 Å². The number of carbonyl (C=O) groups excluding carboxylic acids is 2. The summed E-state index contributed by atoms with van der Waals surface area (Å²) in [5.41, 5.74) is 1.93. The molecule has 1 aromatic heterocycles. The van der Waals surface area contributed by atoms with Gasteiger partial charge in [-0.15, -0.1) is 0 Å². The lowest BCUT2D eigenvalue weighted by Crippen LogP contribution is -2.46. The van der Waals surface area contributed by atoms with E-state index in [4.69, 9.17) is 4.74 Å². The molecule has 3 rings (SSSR count). The second-order valence-corrected chi connectivity index (χ2v) is 9.01. The van der Waals surface area contributed by atoms with Gasteiger partial charge in [-0.05, 0) is 54.5 Å². The Morgan fingerprint density at radius 3 is 2.59 bits per heavy atom. The van der Waals surface area contributed by atoms with Gasteiger partial charge in [-0.25, -0.2) is 4.39 Å². The predicted molar refractivity (Wildman–Crippen MR) is 140 cm³/mol. The van der Waals surface area contributed by atoms with Crippen LogP contribution >= 0.6 is 0 Å². The van der Waals surface area contributed by atoms with Crippen LogP contribution in [0.4, 0.5) is 4.39 Å². The van der Waals surface area contributed by atoms with E-state index in [0.29, 0.717) is 31.7 Å². The molecular formula is C29H34FN3O4. The van der Waals surface area contributed by atoms with Gasteiger partial charge in [-0.2, -0.15) is 0 Å². The zero-order chi connectivity index (χ0) is 26.6. The summed E-state index contributed by atoms with van der Waals surface area (Å²) in [7, 11) is 0. The van der Waals surface area contributed by atoms with Crippen LogP contribution in [0.25, 0.3) is 0 Å². The van der Waals surface area contributed by atoms with Gasteiger partial charge in [0.2, 0.25) is 11.8 Å². The lowest BCUT2D eigenvalue weighted by molar-refractivity contribution is -0.142. The molecule has 1 aliphatic rings. The molecule has 0 saturated carbocycles. The predicted octanol–water partition coefficient (Wildman–Crippen LogP) is 4.27. The van der Waals surface area contributed by atoms with Gasteiger partial charge in [0.05, 0.1) is 6.20 Å². The van der Waals surface area contributed by atoms with Crippen LogP contribution in [-0.2, 0) is 20.7 Å². The molecule has 1 saturated heterocycles. The van der Waals surface area contributed by atoms with Crippen molar-refractivity contribution in [3.63, 3.8) is 0 Å². The van der Waals surface area contributed by atoms with E-state index >= 15 is 0 Å². The highest BCUT2D eigenvalue weighted by Crippen LogP contribution is 2.27. The van der Waals surface area contributed by atoms with Gasteiger partial charge in [-0.1, -0.05) is 43.5 Å². The summed E-state index contributed by atoms with van der Waals surface area (Å²) in [6.45, 7) is 9.12. The molecule has 1 aliphatic heterocycles. The summed E-state index contributed by atoms with van der Waals surface area (Å²) < 4.78 is 19.7. The smallest absolute Gasteiger partial charge is 0.247 e. The molecule has 2 N–H and O–H groups in total. The van der Waals surface area contributed by atoms with Gasteiger partial charge in [0, 0.05) is 44.5 Å². The minimum Gasteiger partial charge on any atom is -0.508 e. The van der Waals surface area contributed by atoms with Gasteiger partial charge in [-0.3, -0.25) is 14.6 Å². The van der Waals surface area contributed by atoms with Crippen molar-refractivity contribution in [1.29, 1.82) is 0 Å². The van der Waals surface area contributed by atoms with Crippen molar-refractivity contribution >= 4 is 11.8 Å². The van der Waals surface area contributed by atoms with E-state index in [0.717, 1.165) is 30.2 Å². The monoisotopic (exact) mass is 507 g/mol. The number of nitrogens with one attached hydrogen (secondary N) is 1. The number of aromatic hydroxyl groups is 1. The number of benzene rings is 1. The molecule has 2 heterocycles. The van der Waals surface area contributed by atoms with Crippen molar-refractivity contribution in [3.8, 4) is 5.75 Å². The zero-order valence-electron chi connectivity index (χ0n) is 20.9. The Balaban J connectivity index is 1.90. The zero-order valence-corrected chi connectivity index (χ0v) is 20.9. The maximum absolute atomic E-state index is 14.2. The van der Waals surface area contributed by atoms with Gasteiger partial charge in [0.15, 0.2) is 0 Å². The highest BCUT2D eigenvalue weighted by Gasteiger charge is 2.33. The second kappa shape index (κ2) is 14.1. The van der Waals surface area contributed by atoms with Gasteiger partial charge < -0.3 is 20.1 Å². The third-order valence-corrected chi connectivity index (χ3v) is 6.34. The SMILES string of the molecule is C=C/C=C(\C=C)CNC(=O)C(c1cncc(F)c1)N(CC1CCOCC1)C(=O)CCc1ccc(O)cc1. The van der Waals surface area contributed by atoms with E-state index in [-0.39, 0.29) is 30.5 Å². The highest BCUT2D eigenvalue weighted by atomic mass is 19.1. The fourth-order valence-electron chi connectivity index (χ4n) is 4.30. The van der Waals surface area contributed by atoms with Crippen molar-refractivity contribution in [1.82, 2.24) is 15.2 Å². The average Bonchev–Trinajstić information content (AvgIpc) is 2.91. The third-order valence-electron chi connectivity index (χ3n) is 6.34. The number of carbonyl (C=O) groups is 2. The van der Waals surface area contributed by atoms with E-state index in [1.54, 1.807) is 47.4 Å². The van der Waals surface area contributed by atoms with Crippen LogP contribution in [0, 0.1) is 11.7 Å². The Labute approximate surface area is 217 Å². The molecule has 37 heavy (non-hydrogen) atoms. The molecule has 0 bridgehead atoms. The number of pyridine rings is 1. The Kier molecular flexibility index (Phi) is 10.6. The number of phenols is 1. The maximum Gasteiger partial charge on any atom is 0.247 e. The Morgan fingerprint density at radius 2 is 1.95 bits per heavy atom. The molecule has 2 aromatic rings. The molecule has 2 amide bonds. The Bertz CT molecular complexity index is 1110. The molecule has 0 aliphatic carbocycles. The van der Waals surface area contributed by atoms with Crippen LogP contribution in [-0.4, -0.2) is 53.1 Å². The van der Waals surface area contributed by atoms with Crippen molar-refractivity contribution < 1.29 is 23.8 Å². The van der Waals surface area contributed by atoms with Gasteiger partial charge in [0.25, 0.3) is 0 Å². The Morgan fingerprint density at radius 1 is 1.22 bits per heavy atom. The van der Waals surface area contributed by atoms with Crippen LogP contribution in [0.5, 0.6) is 5.75 Å². The topological polar surface area (TPSA) is 91.8 Å². The van der Waals surface area contributed by atoms with Crippen LogP contribution in [0.2, 0.25) is 0 Å². The van der Waals surface area contributed by atoms with Crippen LogP contribution in [0.1, 0.15) is 36.4 Å². The standard InChI is InChI=1S/C29H34FN3O4/c1-3-5-21(4-2)17-32-29(36)28(24-16-25(30)19-31-18-24)33(20-23-12-14-37-15-13-23)27(35)11-8-22-6-9-26(34)10-7-22/h3-7,9-10,16,18-19,23,28,34H,1-2,8,11-15,17,20H2,(H,32,36)/b21-5+. The van der Waals surface area contributed by atoms with Crippen molar-refractivity contribution in [2.75, 3.05) is 26.3 Å². The summed E-state index contributed by atoms with van der Waals surface area (Å²) in [5, 5.41) is 12.4. The number of phenolic OH excluding ortho intramolecular Hbond substituents is 1. The minimum atomic E-state index is -1.06. The fourth-order valence-corrected chi connectivity index (χ4v) is 4.30. The lowest BCUT2D eigenvalue weighted by Gasteiger charge is -2.35. The molecule has 1 fully saturated rings. The summed E-state index contributed by atoms with van der Waals surface area (Å²) >= 11 is 0. The first-order chi connectivity index (χ1) is 17.9. The first kappa shape index (κ1) is 27.8. The maximum atomic E-state index is 14.2. The number of hydrogen-bond acceptors (Lipinski definition) is 5. The third kappa shape index (κ3) is 8.39. The molecular weight excluding hydrogens is 473 g/mol. The van der Waals surface area contributed by atoms with E-state index in [2.05, 4.69) is 23.5 Å². The van der Waals surface area contributed by atoms with E-state index in [1.807, 2.05) is 0 Å². The normalized spacial score (nSPS) is 15.0. The summed E-state index contributed by atoms with van der Waals surface area (Å²) in [6, 6.07) is 6.84. The average molecular weight is 508 g/mol. The molecule has 0 spiro atoms. The molecule has 196 valence electrons. The molecule has 7 nitrogen and oxygen atoms in total. The summed E-state index contributed by atoms with van der Waals surface area (Å²) in [5.74, 6) is -0.955. The van der Waals surface area contributed by atoms with Gasteiger partial charge >= 0.3 is 0 Å². The van der Waals surface area contributed by atoms with E-state index < -0.39 is 17.8 Å². The summed E-state index contributed by atoms with van der Waals surface area (Å²) in [6.07, 6.45) is 9.54. The number of aryl methyl sites for hydroxylation is 1. The fraction of sp³-hybridized carbons (Fsp3) is 0.345. The number of hydrogen-bond donors (Lipinski definition) is 2. The number of aromatic nitrogens is 1. The lowest BCUT2D eigenvalue weighted by atomic mass is 9.96. The number of rotatable bonds is 12. The Hall–Kier alpha value is -3.78. The minimum absolute atomic E-state index is 0.146. The number of allylic oxidation sites excluding steroid dienone is 2. The van der Waals surface area contributed by atoms with Crippen LogP contribution in [0.15, 0.2) is 79.7 Å². The van der Waals surface area contributed by atoms with Gasteiger partial charge in [0.1, 0.15) is 17.6 Å².